The van der Waals surface area contributed by atoms with Crippen molar-refractivity contribution in [3.63, 3.8) is 0 Å². The summed E-state index contributed by atoms with van der Waals surface area (Å²) in [6.45, 7) is 3.34. The van der Waals surface area contributed by atoms with Gasteiger partial charge in [-0.3, -0.25) is 14.6 Å². The summed E-state index contributed by atoms with van der Waals surface area (Å²) in [5.74, 6) is -2.53. The minimum absolute atomic E-state index is 0.0205. The normalized spacial score (nSPS) is 11.0. The Balaban J connectivity index is 3.13. The number of carboxylic acid groups (broad SMARTS) is 1. The average molecular weight is 310 g/mol. The third-order valence-corrected chi connectivity index (χ3v) is 3.36. The zero-order chi connectivity index (χ0) is 16.0. The Bertz CT molecular complexity index is 579. The van der Waals surface area contributed by atoms with Crippen molar-refractivity contribution in [2.24, 2.45) is 10.9 Å². The van der Waals surface area contributed by atoms with Gasteiger partial charge < -0.3 is 5.11 Å². The maximum Gasteiger partial charge on any atom is 0.337 e. The van der Waals surface area contributed by atoms with Crippen molar-refractivity contribution in [3.8, 4) is 0 Å². The number of hydrogen-bond acceptors (Lipinski definition) is 4. The van der Waals surface area contributed by atoms with Crippen LogP contribution in [0.1, 0.15) is 37.0 Å². The summed E-state index contributed by atoms with van der Waals surface area (Å²) in [6.07, 6.45) is 1.70. The summed E-state index contributed by atoms with van der Waals surface area (Å²) in [4.78, 5) is 38.5. The lowest BCUT2D eigenvalue weighted by molar-refractivity contribution is -0.129. The lowest BCUT2D eigenvalue weighted by Crippen LogP contribution is -2.24. The average Bonchev–Trinajstić information content (AvgIpc) is 2.47. The molecule has 6 heteroatoms. The number of benzene rings is 1. The number of rotatable bonds is 7. The summed E-state index contributed by atoms with van der Waals surface area (Å²) in [6, 6.07) is 4.38. The molecule has 0 saturated carbocycles. The van der Waals surface area contributed by atoms with E-state index < -0.39 is 11.9 Å². The van der Waals surface area contributed by atoms with Gasteiger partial charge in [-0.25, -0.2) is 4.79 Å². The number of carboxylic acids is 1. The highest BCUT2D eigenvalue weighted by atomic mass is 35.5. The number of carbonyl (C=O) groups is 3. The van der Waals surface area contributed by atoms with E-state index >= 15 is 0 Å². The zero-order valence-corrected chi connectivity index (χ0v) is 12.6. The molecule has 0 amide bonds. The van der Waals surface area contributed by atoms with Crippen LogP contribution in [0.3, 0.4) is 0 Å². The first-order valence-electron chi connectivity index (χ1n) is 6.53. The number of hydrogen-bond donors (Lipinski definition) is 1. The molecule has 0 radical (unpaired) electrons. The van der Waals surface area contributed by atoms with Crippen LogP contribution in [0.4, 0.5) is 5.69 Å². The Kier molecular flexibility index (Phi) is 6.24. The molecule has 5 nitrogen and oxygen atoms in total. The topological polar surface area (TPSA) is 83.8 Å². The molecule has 112 valence electrons. The van der Waals surface area contributed by atoms with Crippen molar-refractivity contribution in [2.75, 3.05) is 0 Å². The summed E-state index contributed by atoms with van der Waals surface area (Å²) >= 11 is 5.95. The minimum atomic E-state index is -1.16. The Morgan fingerprint density at radius 2 is 1.81 bits per heavy atom. The third-order valence-electron chi connectivity index (χ3n) is 2.96. The molecule has 1 aromatic rings. The van der Waals surface area contributed by atoms with E-state index in [1.165, 1.54) is 24.4 Å². The van der Waals surface area contributed by atoms with Crippen molar-refractivity contribution in [1.29, 1.82) is 0 Å². The highest BCUT2D eigenvalue weighted by Gasteiger charge is 2.21. The molecule has 1 aromatic carbocycles. The number of halogens is 1. The smallest absolute Gasteiger partial charge is 0.337 e. The molecule has 0 atom stereocenters. The van der Waals surface area contributed by atoms with E-state index in [1.807, 2.05) is 0 Å². The number of ketones is 2. The monoisotopic (exact) mass is 309 g/mol. The second-order valence-corrected chi connectivity index (χ2v) is 4.72. The van der Waals surface area contributed by atoms with E-state index in [1.54, 1.807) is 13.8 Å². The second kappa shape index (κ2) is 7.69. The standard InChI is InChI=1S/C15H16ClNO4/c1-3-12(18)10(13(19)4-2)8-17-11-7-5-6-9(14(11)16)15(20)21/h5-8,10H,3-4H2,1-2H3,(H,20,21). The second-order valence-electron chi connectivity index (χ2n) is 4.34. The van der Waals surface area contributed by atoms with Crippen LogP contribution in [-0.2, 0) is 9.59 Å². The van der Waals surface area contributed by atoms with E-state index in [-0.39, 0.29) is 40.7 Å². The summed E-state index contributed by atoms with van der Waals surface area (Å²) in [7, 11) is 0. The van der Waals surface area contributed by atoms with Gasteiger partial charge in [0.05, 0.1) is 16.3 Å². The maximum atomic E-state index is 11.8. The third kappa shape index (κ3) is 4.23. The predicted molar refractivity (Wildman–Crippen MR) is 80.6 cm³/mol. The predicted octanol–water partition coefficient (Wildman–Crippen LogP) is 3.31. The van der Waals surface area contributed by atoms with Crippen LogP contribution in [0.15, 0.2) is 23.2 Å². The van der Waals surface area contributed by atoms with Crippen molar-refractivity contribution >= 4 is 41.0 Å². The number of carbonyl (C=O) groups excluding carboxylic acids is 2. The van der Waals surface area contributed by atoms with Crippen LogP contribution in [0.25, 0.3) is 0 Å². The summed E-state index contributed by atoms with van der Waals surface area (Å²) in [5.41, 5.74) is 0.140. The Hall–Kier alpha value is -2.01. The van der Waals surface area contributed by atoms with Gasteiger partial charge in [-0.15, -0.1) is 0 Å². The largest absolute Gasteiger partial charge is 0.478 e. The molecule has 0 fully saturated rings. The van der Waals surface area contributed by atoms with Crippen LogP contribution in [0.2, 0.25) is 5.02 Å². The Labute approximate surface area is 127 Å². The van der Waals surface area contributed by atoms with Gasteiger partial charge in [0.1, 0.15) is 17.5 Å². The molecule has 0 aromatic heterocycles. The highest BCUT2D eigenvalue weighted by Crippen LogP contribution is 2.28. The molecular formula is C15H16ClNO4. The molecule has 0 aliphatic carbocycles. The Morgan fingerprint density at radius 3 is 2.29 bits per heavy atom. The lowest BCUT2D eigenvalue weighted by Gasteiger charge is -2.08. The Morgan fingerprint density at radius 1 is 1.24 bits per heavy atom. The number of nitrogens with zero attached hydrogens (tertiary/aromatic N) is 1. The fraction of sp³-hybridized carbons (Fsp3) is 0.333. The fourth-order valence-electron chi connectivity index (χ4n) is 1.73. The van der Waals surface area contributed by atoms with E-state index in [2.05, 4.69) is 4.99 Å². The van der Waals surface area contributed by atoms with Gasteiger partial charge in [-0.05, 0) is 12.1 Å². The van der Waals surface area contributed by atoms with Gasteiger partial charge in [0.25, 0.3) is 0 Å². The molecule has 1 rings (SSSR count). The summed E-state index contributed by atoms with van der Waals surface area (Å²) < 4.78 is 0. The highest BCUT2D eigenvalue weighted by molar-refractivity contribution is 6.36. The van der Waals surface area contributed by atoms with E-state index in [9.17, 15) is 14.4 Å². The molecule has 0 spiro atoms. The first kappa shape index (κ1) is 17.0. The van der Waals surface area contributed by atoms with Gasteiger partial charge in [0, 0.05) is 19.1 Å². The lowest BCUT2D eigenvalue weighted by atomic mass is 9.97. The van der Waals surface area contributed by atoms with Crippen LogP contribution in [-0.4, -0.2) is 28.9 Å². The molecular weight excluding hydrogens is 294 g/mol. The van der Waals surface area contributed by atoms with Gasteiger partial charge in [0.2, 0.25) is 0 Å². The van der Waals surface area contributed by atoms with E-state index in [0.29, 0.717) is 0 Å². The quantitative estimate of drug-likeness (QED) is 0.618. The van der Waals surface area contributed by atoms with Crippen molar-refractivity contribution < 1.29 is 19.5 Å². The molecule has 0 unspecified atom stereocenters. The fourth-order valence-corrected chi connectivity index (χ4v) is 1.98. The van der Waals surface area contributed by atoms with Crippen LogP contribution in [0, 0.1) is 5.92 Å². The van der Waals surface area contributed by atoms with Gasteiger partial charge in [0.15, 0.2) is 0 Å². The molecule has 1 N–H and O–H groups in total. The van der Waals surface area contributed by atoms with Crippen LogP contribution < -0.4 is 0 Å². The first-order chi connectivity index (χ1) is 9.92. The van der Waals surface area contributed by atoms with E-state index in [4.69, 9.17) is 16.7 Å². The van der Waals surface area contributed by atoms with Gasteiger partial charge in [-0.2, -0.15) is 0 Å². The van der Waals surface area contributed by atoms with E-state index in [0.717, 1.165) is 0 Å². The zero-order valence-electron chi connectivity index (χ0n) is 11.8. The van der Waals surface area contributed by atoms with Crippen molar-refractivity contribution in [1.82, 2.24) is 0 Å². The van der Waals surface area contributed by atoms with Gasteiger partial charge >= 0.3 is 5.97 Å². The molecule has 0 aliphatic heterocycles. The van der Waals surface area contributed by atoms with Crippen LogP contribution in [0.5, 0.6) is 0 Å². The minimum Gasteiger partial charge on any atom is -0.478 e. The number of aliphatic imine (C=N–C) groups is 1. The summed E-state index contributed by atoms with van der Waals surface area (Å²) in [5, 5.41) is 8.96. The molecule has 0 saturated heterocycles. The molecule has 0 heterocycles. The number of Topliss-reactive ketones (excluding diaryl/α,β-unsaturated/α-hetero) is 2. The molecule has 0 aliphatic rings. The first-order valence-corrected chi connectivity index (χ1v) is 6.91. The molecule has 21 heavy (non-hydrogen) atoms. The van der Waals surface area contributed by atoms with Crippen molar-refractivity contribution in [2.45, 2.75) is 26.7 Å². The molecule has 0 bridgehead atoms. The van der Waals surface area contributed by atoms with Gasteiger partial charge in [-0.1, -0.05) is 31.5 Å². The number of aromatic carboxylic acids is 1. The SMILES string of the molecule is CCC(=O)C(C=Nc1cccc(C(=O)O)c1Cl)C(=O)CC. The van der Waals surface area contributed by atoms with Crippen LogP contribution >= 0.6 is 11.6 Å². The maximum absolute atomic E-state index is 11.8. The van der Waals surface area contributed by atoms with Crippen molar-refractivity contribution in [3.05, 3.63) is 28.8 Å².